The molecule has 1 heterocycles. The Morgan fingerprint density at radius 3 is 2.70 bits per heavy atom. The van der Waals surface area contributed by atoms with E-state index in [0.29, 0.717) is 17.5 Å². The minimum atomic E-state index is -0.269. The first-order valence-electron chi connectivity index (χ1n) is 6.33. The van der Waals surface area contributed by atoms with Crippen LogP contribution in [0.2, 0.25) is 5.02 Å². The molecule has 0 aliphatic carbocycles. The number of rotatable bonds is 4. The first kappa shape index (κ1) is 15.4. The van der Waals surface area contributed by atoms with Crippen LogP contribution >= 0.6 is 23.4 Å². The molecule has 1 atom stereocenters. The highest BCUT2D eigenvalue weighted by Gasteiger charge is 2.27. The number of halogens is 1. The van der Waals surface area contributed by atoms with E-state index in [1.807, 2.05) is 45.0 Å². The molecule has 1 aromatic carbocycles. The van der Waals surface area contributed by atoms with Gasteiger partial charge in [-0.1, -0.05) is 49.7 Å². The second kappa shape index (κ2) is 6.16. The summed E-state index contributed by atoms with van der Waals surface area (Å²) in [5.41, 5.74) is 5.98. The van der Waals surface area contributed by atoms with Crippen molar-refractivity contribution in [2.45, 2.75) is 37.5 Å². The number of thioether (sulfide) groups is 1. The van der Waals surface area contributed by atoms with E-state index in [2.05, 4.69) is 10.1 Å². The van der Waals surface area contributed by atoms with Gasteiger partial charge in [-0.2, -0.15) is 4.98 Å². The van der Waals surface area contributed by atoms with Gasteiger partial charge in [-0.25, -0.2) is 0 Å². The Bertz CT molecular complexity index is 580. The summed E-state index contributed by atoms with van der Waals surface area (Å²) >= 11 is 7.68. The second-order valence-electron chi connectivity index (χ2n) is 5.61. The third-order valence-corrected chi connectivity index (χ3v) is 4.39. The first-order chi connectivity index (χ1) is 9.38. The Hall–Kier alpha value is -1.04. The van der Waals surface area contributed by atoms with Crippen molar-refractivity contribution in [1.29, 1.82) is 0 Å². The van der Waals surface area contributed by atoms with Gasteiger partial charge in [0.25, 0.3) is 0 Å². The molecule has 1 aromatic heterocycles. The topological polar surface area (TPSA) is 64.9 Å². The maximum Gasteiger partial charge on any atom is 0.244 e. The zero-order chi connectivity index (χ0) is 14.8. The molecule has 0 aliphatic rings. The Labute approximate surface area is 128 Å². The predicted octanol–water partition coefficient (Wildman–Crippen LogP) is 4.06. The van der Waals surface area contributed by atoms with Gasteiger partial charge < -0.3 is 10.3 Å². The van der Waals surface area contributed by atoms with Crippen molar-refractivity contribution in [2.24, 2.45) is 11.1 Å². The molecule has 0 spiro atoms. The Balaban J connectivity index is 2.02. The molecule has 4 nitrogen and oxygen atoms in total. The summed E-state index contributed by atoms with van der Waals surface area (Å²) in [6.07, 6.45) is 0. The fourth-order valence-electron chi connectivity index (χ4n) is 1.53. The first-order valence-corrected chi connectivity index (χ1v) is 7.69. The summed E-state index contributed by atoms with van der Waals surface area (Å²) in [6, 6.07) is 7.41. The smallest absolute Gasteiger partial charge is 0.244 e. The minimum absolute atomic E-state index is 0.111. The van der Waals surface area contributed by atoms with Gasteiger partial charge in [0.15, 0.2) is 5.82 Å². The highest BCUT2D eigenvalue weighted by Crippen LogP contribution is 2.31. The molecule has 108 valence electrons. The zero-order valence-corrected chi connectivity index (χ0v) is 13.3. The molecular formula is C14H18ClN3OS. The number of hydrogen-bond donors (Lipinski definition) is 1. The molecule has 0 radical (unpaired) electrons. The van der Waals surface area contributed by atoms with Crippen molar-refractivity contribution < 1.29 is 4.52 Å². The third-order valence-electron chi connectivity index (χ3n) is 2.88. The minimum Gasteiger partial charge on any atom is -0.338 e. The van der Waals surface area contributed by atoms with Crippen LogP contribution in [-0.4, -0.2) is 10.1 Å². The van der Waals surface area contributed by atoms with Crippen LogP contribution in [0.3, 0.4) is 0 Å². The summed E-state index contributed by atoms with van der Waals surface area (Å²) in [5, 5.41) is 4.69. The fraction of sp³-hybridized carbons (Fsp3) is 0.429. The summed E-state index contributed by atoms with van der Waals surface area (Å²) in [4.78, 5) is 5.36. The van der Waals surface area contributed by atoms with Gasteiger partial charge >= 0.3 is 0 Å². The average molecular weight is 312 g/mol. The van der Waals surface area contributed by atoms with E-state index < -0.39 is 0 Å². The molecule has 0 saturated carbocycles. The molecule has 0 aliphatic heterocycles. The third kappa shape index (κ3) is 3.75. The van der Waals surface area contributed by atoms with Gasteiger partial charge in [-0.05, 0) is 17.5 Å². The van der Waals surface area contributed by atoms with Crippen LogP contribution in [0.15, 0.2) is 33.7 Å². The Kier molecular flexibility index (Phi) is 4.73. The van der Waals surface area contributed by atoms with Crippen molar-refractivity contribution in [3.8, 4) is 0 Å². The van der Waals surface area contributed by atoms with E-state index in [1.165, 1.54) is 0 Å². The lowest BCUT2D eigenvalue weighted by molar-refractivity contribution is 0.252. The summed E-state index contributed by atoms with van der Waals surface area (Å²) in [5.74, 6) is 1.71. The monoisotopic (exact) mass is 311 g/mol. The maximum absolute atomic E-state index is 6.10. The lowest BCUT2D eigenvalue weighted by Crippen LogP contribution is -2.26. The van der Waals surface area contributed by atoms with Crippen molar-refractivity contribution in [3.63, 3.8) is 0 Å². The SMILES string of the molecule is CC(C)(C)[C@H](N)c1nc(CSc2ccccc2Cl)no1. The van der Waals surface area contributed by atoms with Crippen LogP contribution in [-0.2, 0) is 5.75 Å². The van der Waals surface area contributed by atoms with Gasteiger partial charge in [0.05, 0.1) is 16.8 Å². The van der Waals surface area contributed by atoms with Crippen molar-refractivity contribution in [3.05, 3.63) is 41.0 Å². The molecule has 0 fully saturated rings. The molecule has 2 N–H and O–H groups in total. The van der Waals surface area contributed by atoms with Gasteiger partial charge in [-0.3, -0.25) is 0 Å². The van der Waals surface area contributed by atoms with Gasteiger partial charge in [0.1, 0.15) is 0 Å². The molecule has 2 rings (SSSR count). The van der Waals surface area contributed by atoms with E-state index in [0.717, 1.165) is 9.92 Å². The van der Waals surface area contributed by atoms with Crippen LogP contribution in [0.4, 0.5) is 0 Å². The fourth-order valence-corrected chi connectivity index (χ4v) is 2.61. The quantitative estimate of drug-likeness (QED) is 0.862. The van der Waals surface area contributed by atoms with Crippen molar-refractivity contribution in [2.75, 3.05) is 0 Å². The van der Waals surface area contributed by atoms with E-state index in [4.69, 9.17) is 21.9 Å². The lowest BCUT2D eigenvalue weighted by atomic mass is 9.87. The molecule has 2 aromatic rings. The lowest BCUT2D eigenvalue weighted by Gasteiger charge is -2.23. The van der Waals surface area contributed by atoms with Crippen LogP contribution < -0.4 is 5.73 Å². The highest BCUT2D eigenvalue weighted by molar-refractivity contribution is 7.98. The van der Waals surface area contributed by atoms with Crippen molar-refractivity contribution in [1.82, 2.24) is 10.1 Å². The van der Waals surface area contributed by atoms with E-state index in [-0.39, 0.29) is 11.5 Å². The van der Waals surface area contributed by atoms with Crippen LogP contribution in [0, 0.1) is 5.41 Å². The Morgan fingerprint density at radius 2 is 2.05 bits per heavy atom. The molecule has 0 bridgehead atoms. The van der Waals surface area contributed by atoms with Crippen molar-refractivity contribution >= 4 is 23.4 Å². The summed E-state index contributed by atoms with van der Waals surface area (Å²) in [6.45, 7) is 6.13. The summed E-state index contributed by atoms with van der Waals surface area (Å²) in [7, 11) is 0. The van der Waals surface area contributed by atoms with E-state index in [1.54, 1.807) is 11.8 Å². The maximum atomic E-state index is 6.10. The number of hydrogen-bond acceptors (Lipinski definition) is 5. The number of nitrogens with zero attached hydrogens (tertiary/aromatic N) is 2. The van der Waals surface area contributed by atoms with Gasteiger partial charge in [0, 0.05) is 4.90 Å². The standard InChI is InChI=1S/C14H18ClN3OS/c1-14(2,3)12(16)13-17-11(18-19-13)8-20-10-7-5-4-6-9(10)15/h4-7,12H,8,16H2,1-3H3/t12-/m1/s1. The molecule has 20 heavy (non-hydrogen) atoms. The number of benzene rings is 1. The van der Waals surface area contributed by atoms with Gasteiger partial charge in [-0.15, -0.1) is 11.8 Å². The van der Waals surface area contributed by atoms with E-state index in [9.17, 15) is 0 Å². The number of aromatic nitrogens is 2. The Morgan fingerprint density at radius 1 is 1.35 bits per heavy atom. The van der Waals surface area contributed by atoms with E-state index >= 15 is 0 Å². The van der Waals surface area contributed by atoms with Gasteiger partial charge in [0.2, 0.25) is 5.89 Å². The normalized spacial score (nSPS) is 13.4. The number of nitrogens with two attached hydrogens (primary N) is 1. The van der Waals surface area contributed by atoms with Crippen LogP contribution in [0.1, 0.15) is 38.5 Å². The van der Waals surface area contributed by atoms with Crippen LogP contribution in [0.5, 0.6) is 0 Å². The highest BCUT2D eigenvalue weighted by atomic mass is 35.5. The largest absolute Gasteiger partial charge is 0.338 e. The predicted molar refractivity (Wildman–Crippen MR) is 81.7 cm³/mol. The summed E-state index contributed by atoms with van der Waals surface area (Å²) < 4.78 is 5.24. The molecule has 0 saturated heterocycles. The van der Waals surface area contributed by atoms with Crippen LogP contribution in [0.25, 0.3) is 0 Å². The molecular weight excluding hydrogens is 294 g/mol. The molecule has 6 heteroatoms. The zero-order valence-electron chi connectivity index (χ0n) is 11.8. The molecule has 0 unspecified atom stereocenters. The average Bonchev–Trinajstić information content (AvgIpc) is 2.84. The molecule has 0 amide bonds. The second-order valence-corrected chi connectivity index (χ2v) is 7.04.